The fraction of sp³-hybridized carbons (Fsp3) is 0.818. The van der Waals surface area contributed by atoms with Crippen LogP contribution in [0.15, 0.2) is 0 Å². The van der Waals surface area contributed by atoms with Gasteiger partial charge in [-0.25, -0.2) is 4.79 Å². The maximum Gasteiger partial charge on any atom is 0.410 e. The van der Waals surface area contributed by atoms with Gasteiger partial charge in [-0.2, -0.15) is 0 Å². The zero-order valence-corrected chi connectivity index (χ0v) is 10.4. The van der Waals surface area contributed by atoms with Gasteiger partial charge in [-0.15, -0.1) is 0 Å². The SMILES string of the molecule is CC(C)(C)OC(=O)N1CC[C@@](O)(CC(=O)O)C1. The molecule has 0 aromatic rings. The van der Waals surface area contributed by atoms with Crippen LogP contribution in [0.2, 0.25) is 0 Å². The molecular formula is C11H19NO5. The minimum Gasteiger partial charge on any atom is -0.481 e. The van der Waals surface area contributed by atoms with Gasteiger partial charge < -0.3 is 19.8 Å². The molecule has 1 atom stereocenters. The number of nitrogens with zero attached hydrogens (tertiary/aromatic N) is 1. The molecule has 0 aromatic heterocycles. The highest BCUT2D eigenvalue weighted by Gasteiger charge is 2.41. The lowest BCUT2D eigenvalue weighted by molar-refractivity contribution is -0.142. The van der Waals surface area contributed by atoms with Gasteiger partial charge in [0, 0.05) is 6.54 Å². The molecule has 0 radical (unpaired) electrons. The van der Waals surface area contributed by atoms with E-state index >= 15 is 0 Å². The van der Waals surface area contributed by atoms with Gasteiger partial charge >= 0.3 is 12.1 Å². The molecule has 0 saturated carbocycles. The predicted octanol–water partition coefficient (Wildman–Crippen LogP) is 0.833. The second-order valence-corrected chi connectivity index (χ2v) is 5.45. The van der Waals surface area contributed by atoms with Crippen LogP contribution in [0.4, 0.5) is 4.79 Å². The summed E-state index contributed by atoms with van der Waals surface area (Å²) in [5.74, 6) is -1.07. The first-order chi connectivity index (χ1) is 7.61. The molecule has 1 fully saturated rings. The largest absolute Gasteiger partial charge is 0.481 e. The number of hydrogen-bond acceptors (Lipinski definition) is 4. The molecule has 1 amide bonds. The summed E-state index contributed by atoms with van der Waals surface area (Å²) < 4.78 is 5.15. The highest BCUT2D eigenvalue weighted by atomic mass is 16.6. The smallest absolute Gasteiger partial charge is 0.410 e. The lowest BCUT2D eigenvalue weighted by Crippen LogP contribution is -2.40. The van der Waals surface area contributed by atoms with Crippen LogP contribution in [0.5, 0.6) is 0 Å². The molecule has 2 N–H and O–H groups in total. The van der Waals surface area contributed by atoms with Crippen molar-refractivity contribution in [2.24, 2.45) is 0 Å². The van der Waals surface area contributed by atoms with Crippen molar-refractivity contribution in [3.63, 3.8) is 0 Å². The van der Waals surface area contributed by atoms with E-state index in [1.165, 1.54) is 4.90 Å². The summed E-state index contributed by atoms with van der Waals surface area (Å²) in [6.45, 7) is 5.59. The van der Waals surface area contributed by atoms with Gasteiger partial charge in [0.25, 0.3) is 0 Å². The van der Waals surface area contributed by atoms with Gasteiger partial charge in [0.1, 0.15) is 5.60 Å². The predicted molar refractivity (Wildman–Crippen MR) is 59.6 cm³/mol. The zero-order valence-electron chi connectivity index (χ0n) is 10.4. The number of aliphatic carboxylic acids is 1. The number of rotatable bonds is 2. The fourth-order valence-corrected chi connectivity index (χ4v) is 1.76. The zero-order chi connectivity index (χ0) is 13.3. The van der Waals surface area contributed by atoms with Gasteiger partial charge in [0.2, 0.25) is 0 Å². The van der Waals surface area contributed by atoms with E-state index in [0.717, 1.165) is 0 Å². The van der Waals surface area contributed by atoms with Crippen molar-refractivity contribution >= 4 is 12.1 Å². The van der Waals surface area contributed by atoms with Crippen molar-refractivity contribution in [2.75, 3.05) is 13.1 Å². The van der Waals surface area contributed by atoms with Crippen LogP contribution in [0.25, 0.3) is 0 Å². The summed E-state index contributed by atoms with van der Waals surface area (Å²) in [6, 6.07) is 0. The van der Waals surface area contributed by atoms with Gasteiger partial charge in [0.05, 0.1) is 18.6 Å². The van der Waals surface area contributed by atoms with Crippen LogP contribution < -0.4 is 0 Å². The van der Waals surface area contributed by atoms with Gasteiger partial charge in [0.15, 0.2) is 0 Å². The summed E-state index contributed by atoms with van der Waals surface area (Å²) in [4.78, 5) is 23.6. The average Bonchev–Trinajstić information content (AvgIpc) is 2.43. The van der Waals surface area contributed by atoms with E-state index in [1.54, 1.807) is 20.8 Å². The monoisotopic (exact) mass is 245 g/mol. The van der Waals surface area contributed by atoms with E-state index in [9.17, 15) is 14.7 Å². The van der Waals surface area contributed by atoms with Crippen molar-refractivity contribution in [1.29, 1.82) is 0 Å². The van der Waals surface area contributed by atoms with E-state index in [2.05, 4.69) is 0 Å². The van der Waals surface area contributed by atoms with E-state index in [1.807, 2.05) is 0 Å². The highest BCUT2D eigenvalue weighted by molar-refractivity contribution is 5.71. The number of aliphatic hydroxyl groups is 1. The summed E-state index contributed by atoms with van der Waals surface area (Å²) >= 11 is 0. The second-order valence-electron chi connectivity index (χ2n) is 5.45. The standard InChI is InChI=1S/C11H19NO5/c1-10(2,3)17-9(15)12-5-4-11(16,7-12)6-8(13)14/h16H,4-7H2,1-3H3,(H,13,14)/t11-/m1/s1. The Morgan fingerprint density at radius 1 is 1.41 bits per heavy atom. The Hall–Kier alpha value is -1.30. The minimum atomic E-state index is -1.33. The van der Waals surface area contributed by atoms with Crippen LogP contribution in [-0.2, 0) is 9.53 Å². The van der Waals surface area contributed by atoms with Gasteiger partial charge in [-0.3, -0.25) is 4.79 Å². The van der Waals surface area contributed by atoms with E-state index < -0.39 is 23.3 Å². The Balaban J connectivity index is 2.55. The molecule has 0 bridgehead atoms. The summed E-state index contributed by atoms with van der Waals surface area (Å²) in [7, 11) is 0. The summed E-state index contributed by atoms with van der Waals surface area (Å²) in [5, 5.41) is 18.6. The Kier molecular flexibility index (Phi) is 3.66. The third-order valence-electron chi connectivity index (χ3n) is 2.46. The van der Waals surface area contributed by atoms with Gasteiger partial charge in [-0.05, 0) is 27.2 Å². The molecule has 1 aliphatic heterocycles. The molecule has 17 heavy (non-hydrogen) atoms. The minimum absolute atomic E-state index is 0.00815. The third kappa shape index (κ3) is 4.22. The van der Waals surface area contributed by atoms with E-state index in [4.69, 9.17) is 9.84 Å². The Bertz CT molecular complexity index is 322. The first kappa shape index (κ1) is 13.8. The molecule has 1 saturated heterocycles. The van der Waals surface area contributed by atoms with Crippen LogP contribution in [0.3, 0.4) is 0 Å². The first-order valence-corrected chi connectivity index (χ1v) is 5.53. The Labute approximate surface area is 100 Å². The molecule has 1 aliphatic rings. The van der Waals surface area contributed by atoms with Crippen LogP contribution in [0.1, 0.15) is 33.6 Å². The van der Waals surface area contributed by atoms with Crippen molar-refractivity contribution < 1.29 is 24.5 Å². The van der Waals surface area contributed by atoms with Crippen molar-refractivity contribution in [1.82, 2.24) is 4.90 Å². The number of amides is 1. The average molecular weight is 245 g/mol. The first-order valence-electron chi connectivity index (χ1n) is 5.53. The third-order valence-corrected chi connectivity index (χ3v) is 2.46. The molecule has 1 rings (SSSR count). The molecule has 0 aliphatic carbocycles. The maximum atomic E-state index is 11.7. The van der Waals surface area contributed by atoms with Crippen LogP contribution >= 0.6 is 0 Å². The molecule has 6 heteroatoms. The number of likely N-dealkylation sites (tertiary alicyclic amines) is 1. The number of carbonyl (C=O) groups excluding carboxylic acids is 1. The van der Waals surface area contributed by atoms with Gasteiger partial charge in [-0.1, -0.05) is 0 Å². The lowest BCUT2D eigenvalue weighted by Gasteiger charge is -2.25. The lowest BCUT2D eigenvalue weighted by atomic mass is 9.99. The number of β-amino-alcohol motifs (C(OH)–C–C–N with tert-alkyl or cyclic N) is 1. The molecular weight excluding hydrogens is 226 g/mol. The van der Waals surface area contributed by atoms with Crippen molar-refractivity contribution in [2.45, 2.75) is 44.8 Å². The van der Waals surface area contributed by atoms with Crippen LogP contribution in [-0.4, -0.2) is 51.5 Å². The topological polar surface area (TPSA) is 87.1 Å². The van der Waals surface area contributed by atoms with Crippen molar-refractivity contribution in [3.8, 4) is 0 Å². The number of carboxylic acids is 1. The second kappa shape index (κ2) is 4.52. The quantitative estimate of drug-likeness (QED) is 0.752. The number of carbonyl (C=O) groups is 2. The van der Waals surface area contributed by atoms with E-state index in [0.29, 0.717) is 6.54 Å². The number of carboxylic acid groups (broad SMARTS) is 1. The Morgan fingerprint density at radius 2 is 2.00 bits per heavy atom. The van der Waals surface area contributed by atoms with E-state index in [-0.39, 0.29) is 19.4 Å². The molecule has 98 valence electrons. The Morgan fingerprint density at radius 3 is 2.47 bits per heavy atom. The molecule has 1 heterocycles. The summed E-state index contributed by atoms with van der Waals surface area (Å²) in [5.41, 5.74) is -1.92. The molecule has 0 aromatic carbocycles. The molecule has 6 nitrogen and oxygen atoms in total. The summed E-state index contributed by atoms with van der Waals surface area (Å²) in [6.07, 6.45) is -0.607. The number of hydrogen-bond donors (Lipinski definition) is 2. The normalized spacial score (nSPS) is 24.8. The van der Waals surface area contributed by atoms with Crippen molar-refractivity contribution in [3.05, 3.63) is 0 Å². The maximum absolute atomic E-state index is 11.7. The molecule has 0 spiro atoms. The number of ether oxygens (including phenoxy) is 1. The fourth-order valence-electron chi connectivity index (χ4n) is 1.76. The highest BCUT2D eigenvalue weighted by Crippen LogP contribution is 2.26. The molecule has 0 unspecified atom stereocenters. The van der Waals surface area contributed by atoms with Crippen LogP contribution in [0, 0.1) is 0 Å².